The molecule has 0 N–H and O–H groups in total. The first-order valence-electron chi connectivity index (χ1n) is 16.9. The summed E-state index contributed by atoms with van der Waals surface area (Å²) in [6, 6.07) is 56.0. The third-order valence-electron chi connectivity index (χ3n) is 11.5. The van der Waals surface area contributed by atoms with Crippen molar-refractivity contribution in [2.45, 2.75) is 24.7 Å². The van der Waals surface area contributed by atoms with Crippen molar-refractivity contribution in [3.8, 4) is 39.4 Å². The van der Waals surface area contributed by atoms with E-state index in [0.29, 0.717) is 0 Å². The van der Waals surface area contributed by atoms with Crippen LogP contribution >= 0.6 is 0 Å². The number of para-hydroxylation sites is 3. The third-order valence-corrected chi connectivity index (χ3v) is 11.5. The second-order valence-corrected chi connectivity index (χ2v) is 14.0. The molecule has 0 saturated heterocycles. The molecule has 0 fully saturated rings. The number of hydrogen-bond acceptors (Lipinski definition) is 1. The highest BCUT2D eigenvalue weighted by Crippen LogP contribution is 2.63. The van der Waals surface area contributed by atoms with E-state index in [-0.39, 0.29) is 5.41 Å². The van der Waals surface area contributed by atoms with Gasteiger partial charge in [0.05, 0.1) is 16.4 Å². The van der Waals surface area contributed by atoms with E-state index >= 15 is 0 Å². The number of aromatic nitrogens is 1. The van der Waals surface area contributed by atoms with Gasteiger partial charge in [0.1, 0.15) is 11.5 Å². The van der Waals surface area contributed by atoms with Crippen molar-refractivity contribution in [3.05, 3.63) is 185 Å². The molecule has 3 aliphatic rings. The van der Waals surface area contributed by atoms with Crippen LogP contribution in [0.25, 0.3) is 49.7 Å². The highest BCUT2D eigenvalue weighted by atomic mass is 16.5. The van der Waals surface area contributed by atoms with Crippen LogP contribution in [0.4, 0.5) is 0 Å². The summed E-state index contributed by atoms with van der Waals surface area (Å²) in [5.74, 6) is 1.83. The number of benzene rings is 7. The molecule has 2 nitrogen and oxygen atoms in total. The average Bonchev–Trinajstić information content (AvgIpc) is 3.70. The Kier molecular flexibility index (Phi) is 4.88. The Morgan fingerprint density at radius 2 is 1.06 bits per heavy atom. The minimum atomic E-state index is -0.506. The van der Waals surface area contributed by atoms with E-state index in [2.05, 4.69) is 170 Å². The Hall–Kier alpha value is -5.86. The van der Waals surface area contributed by atoms with E-state index in [1.165, 1.54) is 83.1 Å². The van der Waals surface area contributed by atoms with E-state index in [9.17, 15) is 0 Å². The van der Waals surface area contributed by atoms with Gasteiger partial charge in [-0.3, -0.25) is 0 Å². The molecule has 0 amide bonds. The van der Waals surface area contributed by atoms with E-state index in [0.717, 1.165) is 11.5 Å². The number of nitrogens with zero attached hydrogens (tertiary/aromatic N) is 1. The zero-order valence-electron chi connectivity index (χ0n) is 26.8. The van der Waals surface area contributed by atoms with Gasteiger partial charge >= 0.3 is 0 Å². The largest absolute Gasteiger partial charge is 0.457 e. The predicted octanol–water partition coefficient (Wildman–Crippen LogP) is 11.6. The predicted molar refractivity (Wildman–Crippen MR) is 196 cm³/mol. The van der Waals surface area contributed by atoms with Gasteiger partial charge in [-0.1, -0.05) is 135 Å². The van der Waals surface area contributed by atoms with Crippen LogP contribution in [0.3, 0.4) is 0 Å². The van der Waals surface area contributed by atoms with Gasteiger partial charge in [-0.25, -0.2) is 0 Å². The van der Waals surface area contributed by atoms with Crippen LogP contribution in [0, 0.1) is 0 Å². The quantitative estimate of drug-likeness (QED) is 0.180. The van der Waals surface area contributed by atoms with Gasteiger partial charge in [0.25, 0.3) is 0 Å². The monoisotopic (exact) mass is 613 g/mol. The Labute approximate surface area is 279 Å². The van der Waals surface area contributed by atoms with Crippen LogP contribution in [0.1, 0.15) is 47.2 Å². The zero-order chi connectivity index (χ0) is 31.8. The molecular weight excluding hydrogens is 583 g/mol. The number of rotatable bonds is 1. The fourth-order valence-electron chi connectivity index (χ4n) is 9.49. The Balaban J connectivity index is 1.29. The standard InChI is InChI=1S/C46H31NO/c1-45(2)34-16-6-3-13-29(34)30-24-23-28(27-39(30)45)47-40-20-10-5-14-31(40)32-25-26-38-43(44(32)47)33-15-4-7-17-35(33)46(38)36-18-8-11-21-41(36)48-42-22-12-9-19-37(42)46/h3-27H,1-2H3. The molecule has 7 aromatic carbocycles. The molecule has 226 valence electrons. The maximum Gasteiger partial charge on any atom is 0.132 e. The van der Waals surface area contributed by atoms with Gasteiger partial charge < -0.3 is 9.30 Å². The van der Waals surface area contributed by atoms with Crippen molar-refractivity contribution in [2.24, 2.45) is 0 Å². The first-order valence-corrected chi connectivity index (χ1v) is 16.9. The minimum Gasteiger partial charge on any atom is -0.457 e. The smallest absolute Gasteiger partial charge is 0.132 e. The lowest BCUT2D eigenvalue weighted by Crippen LogP contribution is -2.32. The van der Waals surface area contributed by atoms with E-state index < -0.39 is 5.41 Å². The van der Waals surface area contributed by atoms with Gasteiger partial charge in [0, 0.05) is 38.6 Å². The van der Waals surface area contributed by atoms with Crippen molar-refractivity contribution >= 4 is 21.8 Å². The maximum absolute atomic E-state index is 6.61. The van der Waals surface area contributed by atoms with Gasteiger partial charge in [-0.2, -0.15) is 0 Å². The molecule has 0 atom stereocenters. The summed E-state index contributed by atoms with van der Waals surface area (Å²) >= 11 is 0. The van der Waals surface area contributed by atoms with Crippen molar-refractivity contribution in [2.75, 3.05) is 0 Å². The lowest BCUT2D eigenvalue weighted by molar-refractivity contribution is 0.436. The molecule has 1 aromatic heterocycles. The molecule has 2 heteroatoms. The van der Waals surface area contributed by atoms with Gasteiger partial charge in [0.2, 0.25) is 0 Å². The van der Waals surface area contributed by atoms with Crippen LogP contribution in [0.5, 0.6) is 11.5 Å². The SMILES string of the molecule is CC1(C)c2ccccc2-c2ccc(-n3c4ccccc4c4ccc5c(c43)-c3ccccc3C53c4ccccc4Oc4ccccc43)cc21. The molecule has 0 radical (unpaired) electrons. The Morgan fingerprint density at radius 1 is 0.458 bits per heavy atom. The van der Waals surface area contributed by atoms with Crippen molar-refractivity contribution in [1.29, 1.82) is 0 Å². The molecule has 1 spiro atoms. The first-order chi connectivity index (χ1) is 23.6. The summed E-state index contributed by atoms with van der Waals surface area (Å²) < 4.78 is 9.14. The van der Waals surface area contributed by atoms with Gasteiger partial charge in [-0.15, -0.1) is 0 Å². The van der Waals surface area contributed by atoms with E-state index in [1.807, 2.05) is 0 Å². The van der Waals surface area contributed by atoms with Crippen molar-refractivity contribution < 1.29 is 4.74 Å². The summed E-state index contributed by atoms with van der Waals surface area (Å²) in [6.45, 7) is 4.73. The maximum atomic E-state index is 6.61. The van der Waals surface area contributed by atoms with Crippen molar-refractivity contribution in [3.63, 3.8) is 0 Å². The molecule has 2 aliphatic carbocycles. The molecular formula is C46H31NO. The van der Waals surface area contributed by atoms with E-state index in [4.69, 9.17) is 4.74 Å². The van der Waals surface area contributed by atoms with Gasteiger partial charge in [0.15, 0.2) is 0 Å². The van der Waals surface area contributed by atoms with Gasteiger partial charge in [-0.05, 0) is 69.3 Å². The summed E-state index contributed by atoms with van der Waals surface area (Å²) in [7, 11) is 0. The summed E-state index contributed by atoms with van der Waals surface area (Å²) in [5.41, 5.74) is 16.1. The second kappa shape index (κ2) is 8.93. The first kappa shape index (κ1) is 26.2. The molecule has 0 bridgehead atoms. The molecule has 1 aliphatic heterocycles. The van der Waals surface area contributed by atoms with Crippen LogP contribution in [-0.4, -0.2) is 4.57 Å². The molecule has 11 rings (SSSR count). The fraction of sp³-hybridized carbons (Fsp3) is 0.0870. The molecule has 0 unspecified atom stereocenters. The van der Waals surface area contributed by atoms with Crippen molar-refractivity contribution in [1.82, 2.24) is 4.57 Å². The second-order valence-electron chi connectivity index (χ2n) is 14.0. The highest BCUT2D eigenvalue weighted by molar-refractivity contribution is 6.16. The number of fused-ring (bicyclic) bond motifs is 16. The van der Waals surface area contributed by atoms with E-state index in [1.54, 1.807) is 0 Å². The van der Waals surface area contributed by atoms with Crippen LogP contribution < -0.4 is 4.74 Å². The highest BCUT2D eigenvalue weighted by Gasteiger charge is 2.51. The fourth-order valence-corrected chi connectivity index (χ4v) is 9.49. The lowest BCUT2D eigenvalue weighted by atomic mass is 9.66. The average molecular weight is 614 g/mol. The zero-order valence-corrected chi connectivity index (χ0v) is 26.8. The molecule has 0 saturated carbocycles. The van der Waals surface area contributed by atoms with Crippen LogP contribution in [0.15, 0.2) is 152 Å². The lowest BCUT2D eigenvalue weighted by Gasteiger charge is -2.39. The van der Waals surface area contributed by atoms with Crippen LogP contribution in [0.2, 0.25) is 0 Å². The Morgan fingerprint density at radius 3 is 1.83 bits per heavy atom. The summed E-state index contributed by atoms with van der Waals surface area (Å²) in [5, 5.41) is 2.54. The molecule has 48 heavy (non-hydrogen) atoms. The Bertz CT molecular complexity index is 2640. The summed E-state index contributed by atoms with van der Waals surface area (Å²) in [4.78, 5) is 0. The number of hydrogen-bond donors (Lipinski definition) is 0. The topological polar surface area (TPSA) is 14.2 Å². The summed E-state index contributed by atoms with van der Waals surface area (Å²) in [6.07, 6.45) is 0. The van der Waals surface area contributed by atoms with Crippen LogP contribution in [-0.2, 0) is 10.8 Å². The number of ether oxygens (including phenoxy) is 1. The minimum absolute atomic E-state index is 0.0885. The third kappa shape index (κ3) is 3.00. The normalized spacial score (nSPS) is 15.4. The molecule has 2 heterocycles. The molecule has 8 aromatic rings.